The van der Waals surface area contributed by atoms with E-state index in [1.807, 2.05) is 0 Å². The zero-order valence-corrected chi connectivity index (χ0v) is 7.51. The number of nitrogens with zero attached hydrogens (tertiary/aromatic N) is 2. The molecule has 2 rings (SSSR count). The Bertz CT molecular complexity index is 486. The molecule has 0 bridgehead atoms. The van der Waals surface area contributed by atoms with Gasteiger partial charge in [0, 0.05) is 5.39 Å². The van der Waals surface area contributed by atoms with Crippen LogP contribution in [0.5, 0.6) is 0 Å². The molecule has 0 amide bonds. The average molecular weight is 212 g/mol. The Hall–Kier alpha value is -1.47. The SMILES string of the molecule is OB(O)c1ccc2cnn(C(F)F)c2c1. The summed E-state index contributed by atoms with van der Waals surface area (Å²) in [5.41, 5.74) is 0.334. The van der Waals surface area contributed by atoms with Crippen LogP contribution in [-0.2, 0) is 0 Å². The Morgan fingerprint density at radius 1 is 1.33 bits per heavy atom. The Labute approximate surface area is 83.9 Å². The number of alkyl halides is 2. The van der Waals surface area contributed by atoms with Crippen LogP contribution in [-0.4, -0.2) is 26.9 Å². The number of halogens is 2. The van der Waals surface area contributed by atoms with Crippen molar-refractivity contribution >= 4 is 23.5 Å². The molecule has 2 N–H and O–H groups in total. The number of hydrogen-bond donors (Lipinski definition) is 2. The van der Waals surface area contributed by atoms with Crippen molar-refractivity contribution in [2.24, 2.45) is 0 Å². The van der Waals surface area contributed by atoms with Crippen molar-refractivity contribution < 1.29 is 18.8 Å². The fourth-order valence-electron chi connectivity index (χ4n) is 1.37. The lowest BCUT2D eigenvalue weighted by Gasteiger charge is -2.03. The van der Waals surface area contributed by atoms with E-state index in [0.29, 0.717) is 10.1 Å². The third-order valence-corrected chi connectivity index (χ3v) is 2.11. The molecule has 1 aromatic heterocycles. The van der Waals surface area contributed by atoms with E-state index in [2.05, 4.69) is 5.10 Å². The first-order chi connectivity index (χ1) is 7.09. The number of aromatic nitrogens is 2. The normalized spacial score (nSPS) is 11.3. The van der Waals surface area contributed by atoms with Crippen LogP contribution in [0.2, 0.25) is 0 Å². The van der Waals surface area contributed by atoms with Gasteiger partial charge in [0.25, 0.3) is 0 Å². The quantitative estimate of drug-likeness (QED) is 0.694. The molecule has 0 atom stereocenters. The van der Waals surface area contributed by atoms with Gasteiger partial charge in [-0.1, -0.05) is 12.1 Å². The van der Waals surface area contributed by atoms with E-state index in [0.717, 1.165) is 0 Å². The maximum absolute atomic E-state index is 12.4. The monoisotopic (exact) mass is 212 g/mol. The average Bonchev–Trinajstić information content (AvgIpc) is 2.59. The summed E-state index contributed by atoms with van der Waals surface area (Å²) in [4.78, 5) is 0. The molecule has 1 heterocycles. The molecule has 4 nitrogen and oxygen atoms in total. The topological polar surface area (TPSA) is 58.3 Å². The summed E-state index contributed by atoms with van der Waals surface area (Å²) < 4.78 is 25.4. The van der Waals surface area contributed by atoms with Crippen LogP contribution < -0.4 is 5.46 Å². The number of hydrogen-bond acceptors (Lipinski definition) is 3. The molecule has 0 aliphatic rings. The highest BCUT2D eigenvalue weighted by atomic mass is 19.3. The molecule has 15 heavy (non-hydrogen) atoms. The maximum atomic E-state index is 12.4. The van der Waals surface area contributed by atoms with Gasteiger partial charge in [-0.3, -0.25) is 0 Å². The maximum Gasteiger partial charge on any atom is 0.488 e. The van der Waals surface area contributed by atoms with Crippen LogP contribution in [0.4, 0.5) is 8.78 Å². The molecule has 0 saturated carbocycles. The highest BCUT2D eigenvalue weighted by molar-refractivity contribution is 6.58. The van der Waals surface area contributed by atoms with Crippen LogP contribution in [0.25, 0.3) is 10.9 Å². The zero-order valence-electron chi connectivity index (χ0n) is 7.51. The summed E-state index contributed by atoms with van der Waals surface area (Å²) in [7, 11) is -1.67. The highest BCUT2D eigenvalue weighted by Crippen LogP contribution is 2.18. The number of fused-ring (bicyclic) bond motifs is 1. The van der Waals surface area contributed by atoms with Crippen LogP contribution in [0.15, 0.2) is 24.4 Å². The van der Waals surface area contributed by atoms with Crippen LogP contribution in [0, 0.1) is 0 Å². The second kappa shape index (κ2) is 3.60. The predicted molar refractivity (Wildman–Crippen MR) is 50.8 cm³/mol. The molecule has 0 radical (unpaired) electrons. The molecule has 0 saturated heterocycles. The fourth-order valence-corrected chi connectivity index (χ4v) is 1.37. The minimum atomic E-state index is -2.74. The molecule has 2 aromatic rings. The molecule has 0 fully saturated rings. The number of rotatable bonds is 2. The van der Waals surface area contributed by atoms with Crippen molar-refractivity contribution in [3.05, 3.63) is 24.4 Å². The van der Waals surface area contributed by atoms with Crippen molar-refractivity contribution in [3.8, 4) is 0 Å². The minimum absolute atomic E-state index is 0.157. The minimum Gasteiger partial charge on any atom is -0.423 e. The molecule has 0 aliphatic heterocycles. The Morgan fingerprint density at radius 2 is 2.07 bits per heavy atom. The Balaban J connectivity index is 2.61. The first-order valence-corrected chi connectivity index (χ1v) is 4.21. The van der Waals surface area contributed by atoms with E-state index < -0.39 is 13.7 Å². The summed E-state index contributed by atoms with van der Waals surface area (Å²) in [6, 6.07) is 4.24. The highest BCUT2D eigenvalue weighted by Gasteiger charge is 2.15. The molecular formula is C8H7BF2N2O2. The molecule has 1 aromatic carbocycles. The summed E-state index contributed by atoms with van der Waals surface area (Å²) in [5.74, 6) is 0. The van der Waals surface area contributed by atoms with Crippen molar-refractivity contribution in [1.82, 2.24) is 9.78 Å². The lowest BCUT2D eigenvalue weighted by atomic mass is 9.80. The van der Waals surface area contributed by atoms with Crippen molar-refractivity contribution in [1.29, 1.82) is 0 Å². The smallest absolute Gasteiger partial charge is 0.423 e. The van der Waals surface area contributed by atoms with Gasteiger partial charge in [-0.2, -0.15) is 13.9 Å². The Morgan fingerprint density at radius 3 is 2.67 bits per heavy atom. The molecular weight excluding hydrogens is 205 g/mol. The standard InChI is InChI=1S/C8H7BF2N2O2/c10-8(11)13-7-3-6(9(14)15)2-1-5(7)4-12-13/h1-4,8,14-15H. The van der Waals surface area contributed by atoms with Crippen LogP contribution in [0.1, 0.15) is 6.55 Å². The predicted octanol–water partition coefficient (Wildman–Crippen LogP) is 0.111. The van der Waals surface area contributed by atoms with Gasteiger partial charge < -0.3 is 10.0 Å². The van der Waals surface area contributed by atoms with E-state index >= 15 is 0 Å². The van der Waals surface area contributed by atoms with Gasteiger partial charge in [0.15, 0.2) is 0 Å². The van der Waals surface area contributed by atoms with Crippen molar-refractivity contribution in [2.45, 2.75) is 6.55 Å². The molecule has 7 heteroatoms. The Kier molecular flexibility index (Phi) is 2.41. The van der Waals surface area contributed by atoms with E-state index in [1.54, 1.807) is 0 Å². The third kappa shape index (κ3) is 1.71. The van der Waals surface area contributed by atoms with Crippen molar-refractivity contribution in [3.63, 3.8) is 0 Å². The lowest BCUT2D eigenvalue weighted by molar-refractivity contribution is 0.0615. The largest absolute Gasteiger partial charge is 0.488 e. The number of benzene rings is 1. The molecule has 0 aliphatic carbocycles. The van der Waals surface area contributed by atoms with Gasteiger partial charge in [0.05, 0.1) is 11.7 Å². The summed E-state index contributed by atoms with van der Waals surface area (Å²) >= 11 is 0. The van der Waals surface area contributed by atoms with Gasteiger partial charge in [0.1, 0.15) is 0 Å². The fraction of sp³-hybridized carbons (Fsp3) is 0.125. The summed E-state index contributed by atoms with van der Waals surface area (Å²) in [6.45, 7) is -2.74. The summed E-state index contributed by atoms with van der Waals surface area (Å²) in [6.07, 6.45) is 1.30. The first-order valence-electron chi connectivity index (χ1n) is 4.21. The van der Waals surface area contributed by atoms with Gasteiger partial charge in [-0.15, -0.1) is 0 Å². The van der Waals surface area contributed by atoms with E-state index in [1.165, 1.54) is 24.4 Å². The van der Waals surface area contributed by atoms with Gasteiger partial charge in [-0.05, 0) is 11.5 Å². The van der Waals surface area contributed by atoms with Gasteiger partial charge in [0.2, 0.25) is 0 Å². The molecule has 0 spiro atoms. The zero-order chi connectivity index (χ0) is 11.0. The lowest BCUT2D eigenvalue weighted by Crippen LogP contribution is -2.29. The van der Waals surface area contributed by atoms with Crippen LogP contribution in [0.3, 0.4) is 0 Å². The van der Waals surface area contributed by atoms with E-state index in [-0.39, 0.29) is 11.0 Å². The second-order valence-electron chi connectivity index (χ2n) is 3.06. The van der Waals surface area contributed by atoms with Gasteiger partial charge >= 0.3 is 13.7 Å². The summed E-state index contributed by atoms with van der Waals surface area (Å²) in [5, 5.41) is 21.8. The first kappa shape index (κ1) is 10.1. The van der Waals surface area contributed by atoms with E-state index in [9.17, 15) is 8.78 Å². The second-order valence-corrected chi connectivity index (χ2v) is 3.06. The van der Waals surface area contributed by atoms with Gasteiger partial charge in [-0.25, -0.2) is 4.68 Å². The van der Waals surface area contributed by atoms with Crippen molar-refractivity contribution in [2.75, 3.05) is 0 Å². The third-order valence-electron chi connectivity index (χ3n) is 2.11. The van der Waals surface area contributed by atoms with Crippen LogP contribution >= 0.6 is 0 Å². The molecule has 78 valence electrons. The van der Waals surface area contributed by atoms with E-state index in [4.69, 9.17) is 10.0 Å². The molecule has 0 unspecified atom stereocenters.